The van der Waals surface area contributed by atoms with E-state index in [1.54, 1.807) is 77.5 Å². The fourth-order valence-corrected chi connectivity index (χ4v) is 9.73. The lowest BCUT2D eigenvalue weighted by molar-refractivity contribution is -0.127. The number of carbonyl (C=O) groups excluding carboxylic acids is 5. The Balaban J connectivity index is 0.839. The fraction of sp³-hybridized carbons (Fsp3) is 0.281. The number of nitrogens with zero attached hydrogens (tertiary/aromatic N) is 5. The predicted molar refractivity (Wildman–Crippen MR) is 282 cm³/mol. The van der Waals surface area contributed by atoms with Crippen LogP contribution in [0.3, 0.4) is 0 Å². The molecule has 6 aromatic rings. The highest BCUT2D eigenvalue weighted by atomic mass is 16.6. The zero-order chi connectivity index (χ0) is 52.5. The van der Waals surface area contributed by atoms with E-state index < -0.39 is 36.0 Å². The van der Waals surface area contributed by atoms with Crippen LogP contribution in [-0.4, -0.2) is 85.9 Å². The number of aromatic nitrogens is 1. The van der Waals surface area contributed by atoms with Gasteiger partial charge in [-0.3, -0.25) is 39.0 Å². The number of hydrogen-bond donors (Lipinski definition) is 3. The first kappa shape index (κ1) is 49.8. The SMILES string of the molecule is COc1cc2c(cc1OCc1cccc(COc3cc4c(cc3OC)C(=O)N3c5ccccc5C[C@H]3CN4C(=O)OCc3ccc(NC(=O)C(C)NC(=O)C(N)C(C)C)cc3)n1)N=C[C@@H]1Cc3ccccc3N1C2=O. The first-order valence-corrected chi connectivity index (χ1v) is 24.7. The Morgan fingerprint density at radius 2 is 1.29 bits per heavy atom. The molecule has 4 aliphatic rings. The van der Waals surface area contributed by atoms with Gasteiger partial charge in [-0.1, -0.05) is 68.4 Å². The molecule has 0 bridgehead atoms. The quantitative estimate of drug-likeness (QED) is 0.0902. The first-order valence-electron chi connectivity index (χ1n) is 24.7. The van der Waals surface area contributed by atoms with Gasteiger partial charge >= 0.3 is 6.09 Å². The van der Waals surface area contributed by atoms with Crippen molar-refractivity contribution in [1.82, 2.24) is 10.3 Å². The molecule has 0 saturated carbocycles. The number of rotatable bonds is 15. The summed E-state index contributed by atoms with van der Waals surface area (Å²) in [6.45, 7) is 5.27. The van der Waals surface area contributed by atoms with Gasteiger partial charge in [0.15, 0.2) is 23.0 Å². The van der Waals surface area contributed by atoms with Crippen LogP contribution >= 0.6 is 0 Å². The Bertz CT molecular complexity index is 3250. The van der Waals surface area contributed by atoms with Crippen molar-refractivity contribution in [2.45, 2.75) is 77.6 Å². The number of para-hydroxylation sites is 2. The summed E-state index contributed by atoms with van der Waals surface area (Å²) in [5.41, 5.74) is 13.3. The summed E-state index contributed by atoms with van der Waals surface area (Å²) in [5, 5.41) is 5.43. The van der Waals surface area contributed by atoms with Crippen molar-refractivity contribution in [2.24, 2.45) is 16.6 Å². The molecule has 5 aromatic carbocycles. The molecular formula is C57H56N8O10. The van der Waals surface area contributed by atoms with E-state index in [9.17, 15) is 24.0 Å². The van der Waals surface area contributed by atoms with Crippen molar-refractivity contribution in [2.75, 3.05) is 40.8 Å². The number of carbonyl (C=O) groups is 5. The number of anilines is 4. The summed E-state index contributed by atoms with van der Waals surface area (Å²) in [6.07, 6.45) is 2.31. The summed E-state index contributed by atoms with van der Waals surface area (Å²) in [6, 6.07) is 32.2. The van der Waals surface area contributed by atoms with E-state index in [1.165, 1.54) is 19.1 Å². The normalized spacial score (nSPS) is 16.8. The molecule has 10 rings (SSSR count). The van der Waals surface area contributed by atoms with E-state index in [4.69, 9.17) is 39.4 Å². The van der Waals surface area contributed by atoms with E-state index in [0.717, 1.165) is 22.5 Å². The number of ether oxygens (including phenoxy) is 5. The second kappa shape index (κ2) is 21.0. The van der Waals surface area contributed by atoms with Crippen LogP contribution in [0.25, 0.3) is 0 Å². The predicted octanol–water partition coefficient (Wildman–Crippen LogP) is 7.70. The molecule has 4 N–H and O–H groups in total. The molecule has 4 atom stereocenters. The first-order chi connectivity index (χ1) is 36.3. The van der Waals surface area contributed by atoms with Crippen molar-refractivity contribution < 1.29 is 47.7 Å². The molecule has 75 heavy (non-hydrogen) atoms. The summed E-state index contributed by atoms with van der Waals surface area (Å²) in [5.74, 6) is -0.106. The second-order valence-electron chi connectivity index (χ2n) is 19.1. The van der Waals surface area contributed by atoms with Gasteiger partial charge in [-0.25, -0.2) is 4.79 Å². The highest BCUT2D eigenvalue weighted by molar-refractivity contribution is 6.15. The van der Waals surface area contributed by atoms with Gasteiger partial charge in [0, 0.05) is 41.8 Å². The summed E-state index contributed by atoms with van der Waals surface area (Å²) < 4.78 is 30.1. The Morgan fingerprint density at radius 1 is 0.680 bits per heavy atom. The molecule has 18 heteroatoms. The van der Waals surface area contributed by atoms with Crippen molar-refractivity contribution in [3.8, 4) is 23.0 Å². The molecule has 18 nitrogen and oxygen atoms in total. The summed E-state index contributed by atoms with van der Waals surface area (Å²) in [7, 11) is 3.00. The van der Waals surface area contributed by atoms with Crippen molar-refractivity contribution in [1.29, 1.82) is 0 Å². The lowest BCUT2D eigenvalue weighted by Gasteiger charge is -2.26. The maximum atomic E-state index is 14.6. The number of hydrogen-bond acceptors (Lipinski definition) is 13. The number of aliphatic imine (C=N–C) groups is 1. The van der Waals surface area contributed by atoms with E-state index in [1.807, 2.05) is 74.5 Å². The number of pyridine rings is 1. The Kier molecular flexibility index (Phi) is 13.9. The lowest BCUT2D eigenvalue weighted by Crippen LogP contribution is -2.50. The molecule has 0 fully saturated rings. The van der Waals surface area contributed by atoms with Crippen LogP contribution in [0.1, 0.15) is 69.6 Å². The van der Waals surface area contributed by atoms with E-state index in [0.29, 0.717) is 58.2 Å². The van der Waals surface area contributed by atoms with Gasteiger partial charge < -0.3 is 45.0 Å². The average molecular weight is 1010 g/mol. The second-order valence-corrected chi connectivity index (χ2v) is 19.1. The molecule has 4 aliphatic heterocycles. The van der Waals surface area contributed by atoms with Crippen LogP contribution < -0.4 is 50.0 Å². The Hall–Kier alpha value is -8.77. The maximum Gasteiger partial charge on any atom is 0.414 e. The zero-order valence-corrected chi connectivity index (χ0v) is 42.1. The minimum atomic E-state index is -0.831. The summed E-state index contributed by atoms with van der Waals surface area (Å²) in [4.78, 5) is 82.7. The van der Waals surface area contributed by atoms with Crippen molar-refractivity contribution in [3.63, 3.8) is 0 Å². The van der Waals surface area contributed by atoms with Gasteiger partial charge in [-0.15, -0.1) is 0 Å². The molecular weight excluding hydrogens is 957 g/mol. The molecule has 0 radical (unpaired) electrons. The van der Waals surface area contributed by atoms with Crippen LogP contribution in [0, 0.1) is 5.92 Å². The molecule has 384 valence electrons. The molecule has 0 saturated heterocycles. The third kappa shape index (κ3) is 10.0. The van der Waals surface area contributed by atoms with E-state index >= 15 is 0 Å². The van der Waals surface area contributed by atoms with Gasteiger partial charge in [0.1, 0.15) is 25.9 Å². The van der Waals surface area contributed by atoms with E-state index in [2.05, 4.69) is 10.6 Å². The van der Waals surface area contributed by atoms with Crippen LogP contribution in [0.15, 0.2) is 120 Å². The number of benzene rings is 5. The number of amides is 5. The van der Waals surface area contributed by atoms with Gasteiger partial charge in [0.25, 0.3) is 11.8 Å². The molecule has 5 heterocycles. The van der Waals surface area contributed by atoms with Gasteiger partial charge in [-0.05, 0) is 84.5 Å². The summed E-state index contributed by atoms with van der Waals surface area (Å²) >= 11 is 0. The minimum absolute atomic E-state index is 0.0143. The van der Waals surface area contributed by atoms with Crippen LogP contribution in [-0.2, 0) is 47.0 Å². The van der Waals surface area contributed by atoms with Crippen molar-refractivity contribution in [3.05, 3.63) is 154 Å². The third-order valence-corrected chi connectivity index (χ3v) is 13.8. The molecule has 2 unspecified atom stereocenters. The monoisotopic (exact) mass is 1010 g/mol. The minimum Gasteiger partial charge on any atom is -0.493 e. The topological polar surface area (TPSA) is 217 Å². The third-order valence-electron chi connectivity index (χ3n) is 13.8. The standard InChI is InChI=1S/C57H56N8O10/c1-32(2)52(58)54(67)60-33(3)53(66)62-37-19-17-34(18-20-37)29-75-57(70)63-28-41-22-36-12-7-9-16-46(36)65(41)56(69)43-24-49(72-5)51(26-47(43)63)74-31-39-14-10-13-38(61-39)30-73-50-25-44-42(23-48(50)71-4)55(68)64-40(27-59-44)21-35-11-6-8-15-45(35)64/h6-20,23-27,32-33,40-41,52H,21-22,28-31,58H2,1-5H3,(H,60,67)(H,62,66)/t33?,40-,41-,52?/m0/s1. The smallest absolute Gasteiger partial charge is 0.414 e. The van der Waals surface area contributed by atoms with E-state index in [-0.39, 0.29) is 72.9 Å². The highest BCUT2D eigenvalue weighted by Gasteiger charge is 2.42. The van der Waals surface area contributed by atoms with Crippen LogP contribution in [0.2, 0.25) is 0 Å². The molecule has 0 aliphatic carbocycles. The van der Waals surface area contributed by atoms with Gasteiger partial charge in [-0.2, -0.15) is 0 Å². The van der Waals surface area contributed by atoms with Crippen LogP contribution in [0.5, 0.6) is 23.0 Å². The number of fused-ring (bicyclic) bond motifs is 8. The fourth-order valence-electron chi connectivity index (χ4n) is 9.73. The highest BCUT2D eigenvalue weighted by Crippen LogP contribution is 2.44. The Morgan fingerprint density at radius 3 is 1.96 bits per heavy atom. The largest absolute Gasteiger partial charge is 0.493 e. The van der Waals surface area contributed by atoms with Crippen LogP contribution in [0.4, 0.5) is 33.2 Å². The van der Waals surface area contributed by atoms with Gasteiger partial charge in [0.05, 0.1) is 72.8 Å². The maximum absolute atomic E-state index is 14.6. The molecule has 5 amide bonds. The number of nitrogens with two attached hydrogens (primary N) is 1. The molecule has 0 spiro atoms. The number of methoxy groups -OCH3 is 2. The molecule has 1 aromatic heterocycles. The van der Waals surface area contributed by atoms with Crippen molar-refractivity contribution >= 4 is 64.4 Å². The number of nitrogens with one attached hydrogen (secondary N) is 2. The Labute approximate surface area is 433 Å². The average Bonchev–Trinajstić information content (AvgIpc) is 3.94. The zero-order valence-electron chi connectivity index (χ0n) is 42.1. The lowest BCUT2D eigenvalue weighted by atomic mass is 10.0. The van der Waals surface area contributed by atoms with Gasteiger partial charge in [0.2, 0.25) is 11.8 Å².